The van der Waals surface area contributed by atoms with Gasteiger partial charge >= 0.3 is 5.97 Å². The first kappa shape index (κ1) is 28.2. The van der Waals surface area contributed by atoms with Crippen LogP contribution in [0.2, 0.25) is 0 Å². The number of unbranched alkanes of at least 4 members (excludes halogenated alkanes) is 1. The Morgan fingerprint density at radius 1 is 0.871 bits per heavy atom. The van der Waals surface area contributed by atoms with E-state index in [4.69, 9.17) is 17.2 Å². The minimum absolute atomic E-state index is 0.0952. The van der Waals surface area contributed by atoms with Gasteiger partial charge in [-0.15, -0.1) is 0 Å². The number of carbonyl (C=O) groups excluding carboxylic acids is 4. The highest BCUT2D eigenvalue weighted by Gasteiger charge is 2.31. The number of nitrogens with one attached hydrogen (secondary N) is 3. The van der Waals surface area contributed by atoms with Gasteiger partial charge in [0.1, 0.15) is 18.1 Å². The summed E-state index contributed by atoms with van der Waals surface area (Å²) < 4.78 is 0. The molecule has 0 aliphatic rings. The topological polar surface area (TPSA) is 240 Å². The lowest BCUT2D eigenvalue weighted by Crippen LogP contribution is -2.59. The normalized spacial score (nSPS) is 14.8. The number of carbonyl (C=O) groups is 5. The molecule has 0 aromatic carbocycles. The van der Waals surface area contributed by atoms with E-state index in [0.717, 1.165) is 0 Å². The van der Waals surface area contributed by atoms with Crippen LogP contribution in [0.25, 0.3) is 0 Å². The van der Waals surface area contributed by atoms with E-state index in [1.165, 1.54) is 0 Å². The van der Waals surface area contributed by atoms with Crippen LogP contribution in [0.3, 0.4) is 0 Å². The molecule has 0 bridgehead atoms. The van der Waals surface area contributed by atoms with Gasteiger partial charge in [0.05, 0.1) is 19.1 Å². The third-order valence-corrected chi connectivity index (χ3v) is 4.44. The van der Waals surface area contributed by atoms with Gasteiger partial charge in [0.25, 0.3) is 0 Å². The van der Waals surface area contributed by atoms with E-state index in [1.807, 2.05) is 0 Å². The zero-order valence-corrected chi connectivity index (χ0v) is 17.8. The van der Waals surface area contributed by atoms with E-state index in [9.17, 15) is 34.2 Å². The van der Waals surface area contributed by atoms with Gasteiger partial charge in [0, 0.05) is 0 Å². The van der Waals surface area contributed by atoms with Gasteiger partial charge in [-0.25, -0.2) is 4.79 Å². The van der Waals surface area contributed by atoms with Crippen molar-refractivity contribution in [3.63, 3.8) is 0 Å². The summed E-state index contributed by atoms with van der Waals surface area (Å²) in [6.07, 6.45) is 0.467. The lowest BCUT2D eigenvalue weighted by Gasteiger charge is -2.24. The SMILES string of the molecule is CC(C)C(N)C(=O)NC(CO)C(=O)NC(CC(N)=O)C(=O)NC(CCCCN)C(=O)O. The maximum atomic E-state index is 12.5. The molecule has 0 rings (SSSR count). The summed E-state index contributed by atoms with van der Waals surface area (Å²) in [5.41, 5.74) is 16.2. The lowest BCUT2D eigenvalue weighted by molar-refractivity contribution is -0.142. The number of aliphatic hydroxyl groups is 1. The highest BCUT2D eigenvalue weighted by molar-refractivity contribution is 5.96. The van der Waals surface area contributed by atoms with Crippen LogP contribution >= 0.6 is 0 Å². The number of nitrogens with two attached hydrogens (primary N) is 3. The Labute approximate surface area is 180 Å². The summed E-state index contributed by atoms with van der Waals surface area (Å²) in [6, 6.07) is -5.15. The fraction of sp³-hybridized carbons (Fsp3) is 0.722. The van der Waals surface area contributed by atoms with Crippen molar-refractivity contribution in [2.45, 2.75) is 63.7 Å². The van der Waals surface area contributed by atoms with Crippen molar-refractivity contribution >= 4 is 29.6 Å². The average molecular weight is 447 g/mol. The van der Waals surface area contributed by atoms with Crippen LogP contribution in [-0.2, 0) is 24.0 Å². The van der Waals surface area contributed by atoms with Crippen molar-refractivity contribution in [2.24, 2.45) is 23.1 Å². The average Bonchev–Trinajstić information content (AvgIpc) is 2.69. The summed E-state index contributed by atoms with van der Waals surface area (Å²) in [5.74, 6) is -5.06. The molecule has 4 unspecified atom stereocenters. The van der Waals surface area contributed by atoms with Crippen molar-refractivity contribution in [1.82, 2.24) is 16.0 Å². The molecule has 0 spiro atoms. The number of rotatable bonds is 15. The Hall–Kier alpha value is -2.77. The van der Waals surface area contributed by atoms with E-state index in [0.29, 0.717) is 19.4 Å². The molecule has 0 aromatic rings. The zero-order chi connectivity index (χ0) is 24.1. The summed E-state index contributed by atoms with van der Waals surface area (Å²) in [7, 11) is 0. The van der Waals surface area contributed by atoms with Crippen molar-refractivity contribution in [1.29, 1.82) is 0 Å². The molecule has 0 aliphatic carbocycles. The largest absolute Gasteiger partial charge is 0.480 e. The first-order chi connectivity index (χ1) is 14.4. The number of primary amides is 1. The van der Waals surface area contributed by atoms with Gasteiger partial charge in [-0.1, -0.05) is 13.8 Å². The molecule has 4 atom stereocenters. The van der Waals surface area contributed by atoms with Gasteiger partial charge in [-0.2, -0.15) is 0 Å². The molecule has 13 heteroatoms. The number of amides is 4. The fourth-order valence-corrected chi connectivity index (χ4v) is 2.47. The number of hydrogen-bond donors (Lipinski definition) is 8. The highest BCUT2D eigenvalue weighted by Crippen LogP contribution is 2.04. The fourth-order valence-electron chi connectivity index (χ4n) is 2.47. The quantitative estimate of drug-likeness (QED) is 0.116. The molecule has 4 amide bonds. The third kappa shape index (κ3) is 10.7. The highest BCUT2D eigenvalue weighted by atomic mass is 16.4. The van der Waals surface area contributed by atoms with Crippen LogP contribution in [-0.4, -0.2) is 77.1 Å². The first-order valence-electron chi connectivity index (χ1n) is 9.93. The van der Waals surface area contributed by atoms with Crippen LogP contribution < -0.4 is 33.2 Å². The minimum Gasteiger partial charge on any atom is -0.480 e. The van der Waals surface area contributed by atoms with Crippen molar-refractivity contribution in [3.05, 3.63) is 0 Å². The second-order valence-corrected chi connectivity index (χ2v) is 7.43. The summed E-state index contributed by atoms with van der Waals surface area (Å²) in [4.78, 5) is 59.7. The van der Waals surface area contributed by atoms with E-state index in [2.05, 4.69) is 16.0 Å². The molecule has 0 aliphatic heterocycles. The monoisotopic (exact) mass is 446 g/mol. The first-order valence-corrected chi connectivity index (χ1v) is 9.93. The van der Waals surface area contributed by atoms with Crippen molar-refractivity contribution in [2.75, 3.05) is 13.2 Å². The van der Waals surface area contributed by atoms with Crippen molar-refractivity contribution < 1.29 is 34.2 Å². The zero-order valence-electron chi connectivity index (χ0n) is 17.8. The number of aliphatic hydroxyl groups excluding tert-OH is 1. The molecule has 0 heterocycles. The van der Waals surface area contributed by atoms with E-state index in [1.54, 1.807) is 13.8 Å². The number of aliphatic carboxylic acids is 1. The van der Waals surface area contributed by atoms with Gasteiger partial charge in [-0.3, -0.25) is 19.2 Å². The maximum Gasteiger partial charge on any atom is 0.326 e. The Morgan fingerprint density at radius 2 is 1.39 bits per heavy atom. The van der Waals surface area contributed by atoms with E-state index < -0.39 is 66.8 Å². The number of hydrogen-bond acceptors (Lipinski definition) is 8. The third-order valence-electron chi connectivity index (χ3n) is 4.44. The predicted octanol–water partition coefficient (Wildman–Crippen LogP) is -3.49. The van der Waals surface area contributed by atoms with Crippen molar-refractivity contribution in [3.8, 4) is 0 Å². The molecule has 178 valence electrons. The van der Waals surface area contributed by atoms with Gasteiger partial charge in [0.15, 0.2) is 0 Å². The maximum absolute atomic E-state index is 12.5. The second kappa shape index (κ2) is 14.3. The predicted molar refractivity (Wildman–Crippen MR) is 110 cm³/mol. The van der Waals surface area contributed by atoms with Gasteiger partial charge in [-0.05, 0) is 31.7 Å². The number of carboxylic acid groups (broad SMARTS) is 1. The molecule has 0 saturated heterocycles. The Morgan fingerprint density at radius 3 is 1.84 bits per heavy atom. The van der Waals surface area contributed by atoms with Crippen LogP contribution in [0.1, 0.15) is 39.5 Å². The van der Waals surface area contributed by atoms with Crippen LogP contribution in [0, 0.1) is 5.92 Å². The smallest absolute Gasteiger partial charge is 0.326 e. The van der Waals surface area contributed by atoms with Crippen LogP contribution in [0.15, 0.2) is 0 Å². The van der Waals surface area contributed by atoms with E-state index in [-0.39, 0.29) is 12.3 Å². The van der Waals surface area contributed by atoms with Crippen LogP contribution in [0.4, 0.5) is 0 Å². The summed E-state index contributed by atoms with van der Waals surface area (Å²) in [5, 5.41) is 25.4. The molecule has 13 nitrogen and oxygen atoms in total. The Kier molecular flexibility index (Phi) is 13.0. The van der Waals surface area contributed by atoms with E-state index >= 15 is 0 Å². The molecule has 11 N–H and O–H groups in total. The molecule has 0 fully saturated rings. The Bertz CT molecular complexity index is 643. The minimum atomic E-state index is -1.51. The molecule has 0 saturated carbocycles. The van der Waals surface area contributed by atoms with Crippen LogP contribution in [0.5, 0.6) is 0 Å². The standard InChI is InChI=1S/C18H34N6O7/c1-9(2)14(21)17(29)24-12(8-25)16(28)23-11(7-13(20)26)15(27)22-10(18(30)31)5-3-4-6-19/h9-12,14,25H,3-8,19,21H2,1-2H3,(H2,20,26)(H,22,27)(H,23,28)(H,24,29)(H,30,31). The second-order valence-electron chi connectivity index (χ2n) is 7.43. The number of carboxylic acids is 1. The molecular weight excluding hydrogens is 412 g/mol. The molecular formula is C18H34N6O7. The van der Waals surface area contributed by atoms with Gasteiger partial charge in [0.2, 0.25) is 23.6 Å². The lowest BCUT2D eigenvalue weighted by atomic mass is 10.0. The molecule has 0 radical (unpaired) electrons. The molecule has 31 heavy (non-hydrogen) atoms. The Balaban J connectivity index is 5.25. The van der Waals surface area contributed by atoms with Gasteiger partial charge < -0.3 is 43.4 Å². The summed E-state index contributed by atoms with van der Waals surface area (Å²) >= 11 is 0. The summed E-state index contributed by atoms with van der Waals surface area (Å²) in [6.45, 7) is 2.94. The molecule has 0 aromatic heterocycles.